The Kier molecular flexibility index (Phi) is 7.08. The molecular formula is C18H24N6O4. The molecule has 0 spiro atoms. The summed E-state index contributed by atoms with van der Waals surface area (Å²) in [7, 11) is 0. The number of nitrogens with zero attached hydrogens (tertiary/aromatic N) is 3. The van der Waals surface area contributed by atoms with E-state index in [9.17, 15) is 9.59 Å². The lowest BCUT2D eigenvalue weighted by Gasteiger charge is -2.19. The molecule has 0 radical (unpaired) electrons. The number of nitrogen functional groups attached to an aromatic ring is 1. The molecule has 150 valence electrons. The summed E-state index contributed by atoms with van der Waals surface area (Å²) in [5, 5.41) is 5.47. The van der Waals surface area contributed by atoms with Crippen molar-refractivity contribution in [2.45, 2.75) is 39.4 Å². The van der Waals surface area contributed by atoms with Crippen molar-refractivity contribution in [1.29, 1.82) is 0 Å². The van der Waals surface area contributed by atoms with Crippen molar-refractivity contribution in [3.05, 3.63) is 36.2 Å². The molecule has 0 aliphatic rings. The number of hydrogen-bond donors (Lipinski definition) is 3. The number of amides is 1. The molecule has 4 N–H and O–H groups in total. The summed E-state index contributed by atoms with van der Waals surface area (Å²) in [6, 6.07) is 9.30. The number of nitrogens with two attached hydrogens (primary N) is 1. The molecule has 0 unspecified atom stereocenters. The van der Waals surface area contributed by atoms with Crippen molar-refractivity contribution >= 4 is 29.6 Å². The first-order chi connectivity index (χ1) is 13.2. The van der Waals surface area contributed by atoms with Crippen molar-refractivity contribution in [2.24, 2.45) is 0 Å². The van der Waals surface area contributed by atoms with Gasteiger partial charge in [0.2, 0.25) is 11.9 Å². The van der Waals surface area contributed by atoms with Gasteiger partial charge in [0.1, 0.15) is 5.60 Å². The van der Waals surface area contributed by atoms with E-state index in [1.807, 2.05) is 30.3 Å². The Morgan fingerprint density at radius 3 is 2.50 bits per heavy atom. The molecule has 28 heavy (non-hydrogen) atoms. The third-order valence-electron chi connectivity index (χ3n) is 3.09. The van der Waals surface area contributed by atoms with Crippen LogP contribution in [0.25, 0.3) is 0 Å². The molecule has 2 aromatic rings. The number of rotatable bonds is 7. The summed E-state index contributed by atoms with van der Waals surface area (Å²) in [4.78, 5) is 35.4. The molecule has 2 rings (SSSR count). The fraction of sp³-hybridized carbons (Fsp3) is 0.389. The predicted octanol–water partition coefficient (Wildman–Crippen LogP) is 2.16. The Bertz CT molecular complexity index is 807. The van der Waals surface area contributed by atoms with Crippen molar-refractivity contribution in [3.63, 3.8) is 0 Å². The minimum absolute atomic E-state index is 0.00562. The van der Waals surface area contributed by atoms with Crippen LogP contribution in [0.5, 0.6) is 0 Å². The molecule has 0 aliphatic heterocycles. The van der Waals surface area contributed by atoms with E-state index in [1.54, 1.807) is 20.8 Å². The van der Waals surface area contributed by atoms with E-state index in [-0.39, 0.29) is 37.3 Å². The second kappa shape index (κ2) is 9.49. The van der Waals surface area contributed by atoms with Crippen LogP contribution in [0.1, 0.15) is 33.0 Å². The Morgan fingerprint density at radius 1 is 1.11 bits per heavy atom. The fourth-order valence-electron chi connectivity index (χ4n) is 2.01. The first-order valence-electron chi connectivity index (χ1n) is 8.66. The van der Waals surface area contributed by atoms with Gasteiger partial charge in [0.05, 0.1) is 6.42 Å². The molecule has 1 aromatic heterocycles. The van der Waals surface area contributed by atoms with Gasteiger partial charge in [-0.15, -0.1) is 0 Å². The van der Waals surface area contributed by atoms with Crippen LogP contribution in [0, 0.1) is 0 Å². The van der Waals surface area contributed by atoms with Crippen LogP contribution in [0.3, 0.4) is 0 Å². The van der Waals surface area contributed by atoms with Crippen molar-refractivity contribution in [1.82, 2.24) is 20.3 Å². The smallest absolute Gasteiger partial charge is 0.407 e. The second-order valence-corrected chi connectivity index (χ2v) is 6.76. The zero-order valence-corrected chi connectivity index (χ0v) is 16.1. The highest BCUT2D eigenvalue weighted by molar-refractivity contribution is 5.72. The Hall–Kier alpha value is -3.43. The Labute approximate surface area is 162 Å². The van der Waals surface area contributed by atoms with E-state index < -0.39 is 17.7 Å². The van der Waals surface area contributed by atoms with E-state index in [0.29, 0.717) is 0 Å². The van der Waals surface area contributed by atoms with Crippen molar-refractivity contribution in [2.75, 3.05) is 17.6 Å². The number of benzene rings is 1. The SMILES string of the molecule is CC(C)(C)OC(=O)NCCC(=O)OCc1nc(N)nc(Nc2ccccc2)n1. The topological polar surface area (TPSA) is 141 Å². The largest absolute Gasteiger partial charge is 0.457 e. The lowest BCUT2D eigenvalue weighted by Crippen LogP contribution is -2.33. The molecular weight excluding hydrogens is 364 g/mol. The molecule has 0 saturated carbocycles. The van der Waals surface area contributed by atoms with Gasteiger partial charge >= 0.3 is 12.1 Å². The highest BCUT2D eigenvalue weighted by Gasteiger charge is 2.16. The molecule has 0 atom stereocenters. The van der Waals surface area contributed by atoms with E-state index in [4.69, 9.17) is 15.2 Å². The predicted molar refractivity (Wildman–Crippen MR) is 103 cm³/mol. The maximum absolute atomic E-state index is 11.8. The Balaban J connectivity index is 1.80. The van der Waals surface area contributed by atoms with Crippen LogP contribution in [-0.4, -0.2) is 39.2 Å². The number of nitrogens with one attached hydrogen (secondary N) is 2. The summed E-state index contributed by atoms with van der Waals surface area (Å²) < 4.78 is 10.2. The van der Waals surface area contributed by atoms with Gasteiger partial charge in [0.15, 0.2) is 12.4 Å². The average molecular weight is 388 g/mol. The highest BCUT2D eigenvalue weighted by atomic mass is 16.6. The summed E-state index contributed by atoms with van der Waals surface area (Å²) in [6.45, 7) is 5.18. The van der Waals surface area contributed by atoms with Gasteiger partial charge in [-0.2, -0.15) is 15.0 Å². The van der Waals surface area contributed by atoms with Crippen LogP contribution in [0.4, 0.5) is 22.4 Å². The highest BCUT2D eigenvalue weighted by Crippen LogP contribution is 2.13. The number of aromatic nitrogens is 3. The van der Waals surface area contributed by atoms with Gasteiger partial charge < -0.3 is 25.8 Å². The number of alkyl carbamates (subject to hydrolysis) is 1. The monoisotopic (exact) mass is 388 g/mol. The molecule has 0 bridgehead atoms. The van der Waals surface area contributed by atoms with Crippen LogP contribution in [0.2, 0.25) is 0 Å². The van der Waals surface area contributed by atoms with Crippen molar-refractivity contribution in [3.8, 4) is 0 Å². The molecule has 10 nitrogen and oxygen atoms in total. The van der Waals surface area contributed by atoms with Crippen LogP contribution >= 0.6 is 0 Å². The molecule has 1 aromatic carbocycles. The zero-order chi connectivity index (χ0) is 20.6. The zero-order valence-electron chi connectivity index (χ0n) is 16.1. The van der Waals surface area contributed by atoms with Gasteiger partial charge in [0, 0.05) is 12.2 Å². The number of anilines is 3. The maximum Gasteiger partial charge on any atom is 0.407 e. The van der Waals surface area contributed by atoms with Crippen LogP contribution < -0.4 is 16.4 Å². The van der Waals surface area contributed by atoms with E-state index in [1.165, 1.54) is 0 Å². The standard InChI is InChI=1S/C18H24N6O4/c1-18(2,3)28-17(26)20-10-9-14(25)27-11-13-22-15(19)24-16(23-13)21-12-7-5-4-6-8-12/h4-8H,9-11H2,1-3H3,(H,20,26)(H3,19,21,22,23,24). The minimum Gasteiger partial charge on any atom is -0.457 e. The van der Waals surface area contributed by atoms with Gasteiger partial charge in [0.25, 0.3) is 0 Å². The minimum atomic E-state index is -0.602. The van der Waals surface area contributed by atoms with Gasteiger partial charge in [-0.05, 0) is 32.9 Å². The summed E-state index contributed by atoms with van der Waals surface area (Å²) >= 11 is 0. The van der Waals surface area contributed by atoms with Gasteiger partial charge in [-0.1, -0.05) is 18.2 Å². The lowest BCUT2D eigenvalue weighted by atomic mass is 10.2. The maximum atomic E-state index is 11.8. The summed E-state index contributed by atoms with van der Waals surface area (Å²) in [6.07, 6.45) is -0.614. The fourth-order valence-corrected chi connectivity index (χ4v) is 2.01. The number of hydrogen-bond acceptors (Lipinski definition) is 9. The summed E-state index contributed by atoms with van der Waals surface area (Å²) in [5.74, 6) is -0.0607. The van der Waals surface area contributed by atoms with Crippen LogP contribution in [0.15, 0.2) is 30.3 Å². The molecule has 1 heterocycles. The quantitative estimate of drug-likeness (QED) is 0.608. The summed E-state index contributed by atoms with van der Waals surface area (Å²) in [5.41, 5.74) is 5.86. The number of para-hydroxylation sites is 1. The number of esters is 1. The normalized spacial score (nSPS) is 10.8. The third-order valence-corrected chi connectivity index (χ3v) is 3.09. The lowest BCUT2D eigenvalue weighted by molar-refractivity contribution is -0.145. The van der Waals surface area contributed by atoms with Gasteiger partial charge in [-0.3, -0.25) is 4.79 Å². The molecule has 1 amide bonds. The van der Waals surface area contributed by atoms with Crippen LogP contribution in [-0.2, 0) is 20.9 Å². The third kappa shape index (κ3) is 7.85. The average Bonchev–Trinajstić information content (AvgIpc) is 2.59. The van der Waals surface area contributed by atoms with Gasteiger partial charge in [-0.25, -0.2) is 4.79 Å². The molecule has 10 heteroatoms. The first-order valence-corrected chi connectivity index (χ1v) is 8.66. The second-order valence-electron chi connectivity index (χ2n) is 6.76. The molecule has 0 saturated heterocycles. The number of ether oxygens (including phenoxy) is 2. The number of carbonyl (C=O) groups is 2. The molecule has 0 fully saturated rings. The van der Waals surface area contributed by atoms with Crippen molar-refractivity contribution < 1.29 is 19.1 Å². The number of carbonyl (C=O) groups excluding carboxylic acids is 2. The molecule has 0 aliphatic carbocycles. The Morgan fingerprint density at radius 2 is 1.82 bits per heavy atom. The van der Waals surface area contributed by atoms with E-state index in [2.05, 4.69) is 25.6 Å². The van der Waals surface area contributed by atoms with E-state index >= 15 is 0 Å². The van der Waals surface area contributed by atoms with E-state index in [0.717, 1.165) is 5.69 Å². The first kappa shape index (κ1) is 20.9.